The minimum absolute atomic E-state index is 0.539. The third-order valence-corrected chi connectivity index (χ3v) is 3.70. The maximum Gasteiger partial charge on any atom is 0.255 e. The molecule has 0 radical (unpaired) electrons. The third-order valence-electron chi connectivity index (χ3n) is 3.70. The van der Waals surface area contributed by atoms with E-state index in [9.17, 15) is 0 Å². The molecule has 8 heteroatoms. The third kappa shape index (κ3) is 2.01. The van der Waals surface area contributed by atoms with E-state index in [2.05, 4.69) is 30.1 Å². The molecule has 0 amide bonds. The van der Waals surface area contributed by atoms with Crippen molar-refractivity contribution in [3.63, 3.8) is 0 Å². The van der Waals surface area contributed by atoms with E-state index in [4.69, 9.17) is 0 Å². The van der Waals surface area contributed by atoms with Crippen LogP contribution in [-0.2, 0) is 0 Å². The van der Waals surface area contributed by atoms with Crippen molar-refractivity contribution in [2.75, 3.05) is 0 Å². The van der Waals surface area contributed by atoms with Crippen LogP contribution in [0.5, 0.6) is 0 Å². The first kappa shape index (κ1) is 12.8. The Balaban J connectivity index is 1.62. The van der Waals surface area contributed by atoms with E-state index in [1.54, 1.807) is 16.9 Å². The molecule has 0 fully saturated rings. The standard InChI is InChI=1S/C16H10N8/c1-2-11(13-4-7-23-9-6-17-15(23)20-13)19-12(3-1)14-5-8-24-10-18-22-16(24)21-14/h1-10H. The summed E-state index contributed by atoms with van der Waals surface area (Å²) in [5.41, 5.74) is 3.02. The van der Waals surface area contributed by atoms with E-state index in [0.29, 0.717) is 11.6 Å². The Labute approximate surface area is 135 Å². The lowest BCUT2D eigenvalue weighted by molar-refractivity contribution is 1.09. The van der Waals surface area contributed by atoms with Gasteiger partial charge in [-0.15, -0.1) is 10.2 Å². The Morgan fingerprint density at radius 3 is 2.21 bits per heavy atom. The number of aromatic nitrogens is 8. The Bertz CT molecular complexity index is 1080. The first-order valence-corrected chi connectivity index (χ1v) is 7.31. The van der Waals surface area contributed by atoms with Gasteiger partial charge in [0.1, 0.15) is 6.33 Å². The second kappa shape index (κ2) is 4.92. The summed E-state index contributed by atoms with van der Waals surface area (Å²) in [6.45, 7) is 0. The van der Waals surface area contributed by atoms with E-state index in [1.807, 2.05) is 53.3 Å². The molecule has 0 aliphatic heterocycles. The number of imidazole rings is 1. The maximum absolute atomic E-state index is 4.68. The highest BCUT2D eigenvalue weighted by Gasteiger charge is 2.08. The Kier molecular flexibility index (Phi) is 2.63. The van der Waals surface area contributed by atoms with Crippen molar-refractivity contribution in [2.45, 2.75) is 0 Å². The lowest BCUT2D eigenvalue weighted by Crippen LogP contribution is -1.96. The lowest BCUT2D eigenvalue weighted by atomic mass is 10.2. The van der Waals surface area contributed by atoms with Gasteiger partial charge in [0.2, 0.25) is 5.78 Å². The molecule has 0 saturated heterocycles. The minimum atomic E-state index is 0.539. The van der Waals surface area contributed by atoms with Gasteiger partial charge in [-0.05, 0) is 24.3 Å². The van der Waals surface area contributed by atoms with Crippen LogP contribution >= 0.6 is 0 Å². The van der Waals surface area contributed by atoms with Crippen LogP contribution in [0.1, 0.15) is 0 Å². The molecule has 0 bridgehead atoms. The molecule has 0 aromatic carbocycles. The summed E-state index contributed by atoms with van der Waals surface area (Å²) in [6.07, 6.45) is 8.96. The fraction of sp³-hybridized carbons (Fsp3) is 0. The highest BCUT2D eigenvalue weighted by Crippen LogP contribution is 2.20. The van der Waals surface area contributed by atoms with Crippen molar-refractivity contribution >= 4 is 11.6 Å². The zero-order chi connectivity index (χ0) is 15.9. The molecule has 24 heavy (non-hydrogen) atoms. The largest absolute Gasteiger partial charge is 0.291 e. The van der Waals surface area contributed by atoms with Crippen LogP contribution < -0.4 is 0 Å². The Hall–Kier alpha value is -3.68. The molecule has 5 aromatic heterocycles. The monoisotopic (exact) mass is 314 g/mol. The van der Waals surface area contributed by atoms with Crippen LogP contribution in [0.2, 0.25) is 0 Å². The van der Waals surface area contributed by atoms with E-state index < -0.39 is 0 Å². The molecule has 5 heterocycles. The number of nitrogens with zero attached hydrogens (tertiary/aromatic N) is 8. The molecule has 0 aliphatic carbocycles. The normalized spacial score (nSPS) is 11.3. The molecular weight excluding hydrogens is 304 g/mol. The summed E-state index contributed by atoms with van der Waals surface area (Å²) < 4.78 is 3.61. The van der Waals surface area contributed by atoms with Crippen molar-refractivity contribution in [2.24, 2.45) is 0 Å². The number of fused-ring (bicyclic) bond motifs is 2. The summed E-state index contributed by atoms with van der Waals surface area (Å²) >= 11 is 0. The van der Waals surface area contributed by atoms with Crippen molar-refractivity contribution < 1.29 is 0 Å². The summed E-state index contributed by atoms with van der Waals surface area (Å²) in [4.78, 5) is 17.9. The molecule has 8 nitrogen and oxygen atoms in total. The zero-order valence-corrected chi connectivity index (χ0v) is 12.4. The summed E-state index contributed by atoms with van der Waals surface area (Å²) in [6, 6.07) is 9.56. The molecule has 0 N–H and O–H groups in total. The van der Waals surface area contributed by atoms with Gasteiger partial charge in [0.15, 0.2) is 0 Å². The molecule has 0 aliphatic rings. The average molecular weight is 314 g/mol. The Morgan fingerprint density at radius 1 is 0.667 bits per heavy atom. The number of pyridine rings is 1. The number of rotatable bonds is 2. The SMILES string of the molecule is c1cc(-c2ccn3ccnc3n2)nc(-c2ccn3cnnc3n2)c1. The van der Waals surface area contributed by atoms with Crippen LogP contribution in [0, 0.1) is 0 Å². The van der Waals surface area contributed by atoms with Crippen molar-refractivity contribution in [3.8, 4) is 22.8 Å². The smallest absolute Gasteiger partial charge is 0.255 e. The zero-order valence-electron chi connectivity index (χ0n) is 12.4. The second-order valence-corrected chi connectivity index (χ2v) is 5.21. The summed E-state index contributed by atoms with van der Waals surface area (Å²) in [5.74, 6) is 1.18. The van der Waals surface area contributed by atoms with Crippen LogP contribution in [-0.4, -0.2) is 38.9 Å². The number of hydrogen-bond donors (Lipinski definition) is 0. The highest BCUT2D eigenvalue weighted by molar-refractivity contribution is 5.63. The molecule has 0 spiro atoms. The minimum Gasteiger partial charge on any atom is -0.291 e. The van der Waals surface area contributed by atoms with Crippen LogP contribution in [0.4, 0.5) is 0 Å². The van der Waals surface area contributed by atoms with Gasteiger partial charge in [0.05, 0.1) is 22.8 Å². The fourth-order valence-corrected chi connectivity index (χ4v) is 2.53. The van der Waals surface area contributed by atoms with Gasteiger partial charge in [0.25, 0.3) is 5.78 Å². The maximum atomic E-state index is 4.68. The van der Waals surface area contributed by atoms with E-state index in [1.165, 1.54) is 0 Å². The predicted octanol–water partition coefficient (Wildman–Crippen LogP) is 1.90. The predicted molar refractivity (Wildman–Crippen MR) is 86.0 cm³/mol. The molecule has 114 valence electrons. The van der Waals surface area contributed by atoms with Gasteiger partial charge in [-0.25, -0.2) is 19.9 Å². The molecule has 5 rings (SSSR count). The topological polar surface area (TPSA) is 86.2 Å². The van der Waals surface area contributed by atoms with Gasteiger partial charge in [-0.3, -0.25) is 8.80 Å². The van der Waals surface area contributed by atoms with E-state index in [0.717, 1.165) is 22.8 Å². The van der Waals surface area contributed by atoms with Crippen LogP contribution in [0.3, 0.4) is 0 Å². The number of hydrogen-bond acceptors (Lipinski definition) is 6. The molecule has 0 saturated carbocycles. The first-order chi connectivity index (χ1) is 11.9. The van der Waals surface area contributed by atoms with Gasteiger partial charge < -0.3 is 0 Å². The van der Waals surface area contributed by atoms with Gasteiger partial charge >= 0.3 is 0 Å². The molecule has 5 aromatic rings. The van der Waals surface area contributed by atoms with Crippen molar-refractivity contribution in [3.05, 3.63) is 61.4 Å². The quantitative estimate of drug-likeness (QED) is 0.494. The molecule has 0 unspecified atom stereocenters. The average Bonchev–Trinajstić information content (AvgIpc) is 3.29. The highest BCUT2D eigenvalue weighted by atomic mass is 15.3. The van der Waals surface area contributed by atoms with Gasteiger partial charge in [-0.2, -0.15) is 0 Å². The fourth-order valence-electron chi connectivity index (χ4n) is 2.53. The van der Waals surface area contributed by atoms with Crippen LogP contribution in [0.25, 0.3) is 34.3 Å². The van der Waals surface area contributed by atoms with Crippen molar-refractivity contribution in [1.82, 2.24) is 38.9 Å². The van der Waals surface area contributed by atoms with E-state index in [-0.39, 0.29) is 0 Å². The Morgan fingerprint density at radius 2 is 1.38 bits per heavy atom. The van der Waals surface area contributed by atoms with E-state index >= 15 is 0 Å². The van der Waals surface area contributed by atoms with Gasteiger partial charge in [-0.1, -0.05) is 6.07 Å². The molecule has 0 atom stereocenters. The van der Waals surface area contributed by atoms with Crippen molar-refractivity contribution in [1.29, 1.82) is 0 Å². The lowest BCUT2D eigenvalue weighted by Gasteiger charge is -2.04. The summed E-state index contributed by atoms with van der Waals surface area (Å²) in [7, 11) is 0. The first-order valence-electron chi connectivity index (χ1n) is 7.31. The second-order valence-electron chi connectivity index (χ2n) is 5.21. The van der Waals surface area contributed by atoms with Gasteiger partial charge in [0, 0.05) is 24.8 Å². The van der Waals surface area contributed by atoms with Crippen LogP contribution in [0.15, 0.2) is 61.4 Å². The molecular formula is C16H10N8. The summed E-state index contributed by atoms with van der Waals surface area (Å²) in [5, 5.41) is 7.80.